The van der Waals surface area contributed by atoms with E-state index in [4.69, 9.17) is 0 Å². The highest BCUT2D eigenvalue weighted by Gasteiger charge is 2.39. The Kier molecular flexibility index (Phi) is 7.38. The van der Waals surface area contributed by atoms with Crippen LogP contribution in [0.3, 0.4) is 0 Å². The van der Waals surface area contributed by atoms with E-state index in [0.29, 0.717) is 39.0 Å². The molecule has 0 amide bonds. The number of sulfonamides is 1. The number of aromatic nitrogens is 3. The topological polar surface area (TPSA) is 103 Å². The standard InChI is InChI=1S/C19H25F4N7O2S2/c1-34(31,32)30-6-2-12(3-7-30)26-18-25-10-13(20)15(28-18)16-17(19(21,22)23)27-14(33-16)11-29-8-4-24-5-9-29/h10,12,24H,2-9,11H2,1H3,(H,25,26,28). The van der Waals surface area contributed by atoms with Gasteiger partial charge in [0.05, 0.1) is 23.9 Å². The first-order valence-corrected chi connectivity index (χ1v) is 13.4. The van der Waals surface area contributed by atoms with Crippen molar-refractivity contribution >= 4 is 27.3 Å². The van der Waals surface area contributed by atoms with Gasteiger partial charge in [0.25, 0.3) is 0 Å². The molecule has 2 aliphatic rings. The molecule has 0 unspecified atom stereocenters. The molecule has 2 fully saturated rings. The number of nitrogens with zero attached hydrogens (tertiary/aromatic N) is 5. The van der Waals surface area contributed by atoms with E-state index in [1.54, 1.807) is 0 Å². The fraction of sp³-hybridized carbons (Fsp3) is 0.632. The maximum absolute atomic E-state index is 14.6. The summed E-state index contributed by atoms with van der Waals surface area (Å²) in [7, 11) is -3.29. The molecule has 2 aromatic rings. The van der Waals surface area contributed by atoms with Gasteiger partial charge in [0, 0.05) is 45.3 Å². The monoisotopic (exact) mass is 523 g/mol. The van der Waals surface area contributed by atoms with Crippen LogP contribution in [-0.4, -0.2) is 84.1 Å². The third-order valence-corrected chi connectivity index (χ3v) is 8.07. The van der Waals surface area contributed by atoms with Crippen molar-refractivity contribution < 1.29 is 26.0 Å². The van der Waals surface area contributed by atoms with Crippen LogP contribution in [0.25, 0.3) is 10.6 Å². The molecule has 2 aromatic heterocycles. The van der Waals surface area contributed by atoms with E-state index >= 15 is 0 Å². The summed E-state index contributed by atoms with van der Waals surface area (Å²) >= 11 is 0.780. The lowest BCUT2D eigenvalue weighted by Crippen LogP contribution is -2.42. The Morgan fingerprint density at radius 3 is 2.47 bits per heavy atom. The van der Waals surface area contributed by atoms with Crippen LogP contribution in [0.2, 0.25) is 0 Å². The maximum atomic E-state index is 14.6. The Morgan fingerprint density at radius 2 is 1.85 bits per heavy atom. The molecule has 4 heterocycles. The summed E-state index contributed by atoms with van der Waals surface area (Å²) in [5.41, 5.74) is -1.62. The molecule has 15 heteroatoms. The fourth-order valence-electron chi connectivity index (χ4n) is 3.96. The lowest BCUT2D eigenvalue weighted by atomic mass is 10.1. The van der Waals surface area contributed by atoms with Gasteiger partial charge in [-0.05, 0) is 12.8 Å². The average molecular weight is 524 g/mol. The summed E-state index contributed by atoms with van der Waals surface area (Å²) in [6.07, 6.45) is -1.86. The highest BCUT2D eigenvalue weighted by molar-refractivity contribution is 7.88. The van der Waals surface area contributed by atoms with Gasteiger partial charge in [-0.15, -0.1) is 11.3 Å². The van der Waals surface area contributed by atoms with Crippen LogP contribution in [0, 0.1) is 5.82 Å². The van der Waals surface area contributed by atoms with Crippen molar-refractivity contribution in [3.63, 3.8) is 0 Å². The SMILES string of the molecule is CS(=O)(=O)N1CCC(Nc2ncc(F)c(-c3sc(CN4CCNCC4)nc3C(F)(F)F)n2)CC1. The lowest BCUT2D eigenvalue weighted by Gasteiger charge is -2.30. The molecule has 0 saturated carbocycles. The van der Waals surface area contributed by atoms with Crippen LogP contribution in [0.4, 0.5) is 23.5 Å². The van der Waals surface area contributed by atoms with Crippen LogP contribution in [-0.2, 0) is 22.7 Å². The molecule has 2 saturated heterocycles. The second kappa shape index (κ2) is 9.97. The molecule has 0 aromatic carbocycles. The first-order valence-electron chi connectivity index (χ1n) is 10.8. The Labute approximate surface area is 198 Å². The fourth-order valence-corrected chi connectivity index (χ4v) is 5.95. The summed E-state index contributed by atoms with van der Waals surface area (Å²) < 4.78 is 80.6. The molecule has 0 atom stereocenters. The molecule has 0 radical (unpaired) electrons. The highest BCUT2D eigenvalue weighted by Crippen LogP contribution is 2.41. The minimum absolute atomic E-state index is 0.0145. The van der Waals surface area contributed by atoms with Gasteiger partial charge in [-0.2, -0.15) is 13.2 Å². The third-order valence-electron chi connectivity index (χ3n) is 5.72. The zero-order valence-electron chi connectivity index (χ0n) is 18.4. The molecule has 2 N–H and O–H groups in total. The van der Waals surface area contributed by atoms with E-state index in [1.165, 1.54) is 4.31 Å². The van der Waals surface area contributed by atoms with Crippen LogP contribution in [0.1, 0.15) is 23.5 Å². The molecule has 0 bridgehead atoms. The average Bonchev–Trinajstić information content (AvgIpc) is 3.20. The highest BCUT2D eigenvalue weighted by atomic mass is 32.2. The van der Waals surface area contributed by atoms with Crippen LogP contribution in [0.15, 0.2) is 6.20 Å². The third kappa shape index (κ3) is 6.00. The molecule has 0 spiro atoms. The smallest absolute Gasteiger partial charge is 0.351 e. The summed E-state index contributed by atoms with van der Waals surface area (Å²) in [6.45, 7) is 3.69. The van der Waals surface area contributed by atoms with Gasteiger partial charge >= 0.3 is 6.18 Å². The quantitative estimate of drug-likeness (QED) is 0.555. The second-order valence-electron chi connectivity index (χ2n) is 8.28. The van der Waals surface area contributed by atoms with Gasteiger partial charge in [-0.3, -0.25) is 4.90 Å². The van der Waals surface area contributed by atoms with E-state index in [1.807, 2.05) is 4.90 Å². The van der Waals surface area contributed by atoms with Gasteiger partial charge in [-0.25, -0.2) is 32.1 Å². The van der Waals surface area contributed by atoms with Crippen molar-refractivity contribution in [2.45, 2.75) is 31.6 Å². The number of alkyl halides is 3. The number of piperazine rings is 1. The van der Waals surface area contributed by atoms with Gasteiger partial charge in [0.15, 0.2) is 11.5 Å². The molecule has 9 nitrogen and oxygen atoms in total. The Bertz CT molecular complexity index is 1110. The number of hydrogen-bond acceptors (Lipinski definition) is 9. The molecular weight excluding hydrogens is 498 g/mol. The van der Waals surface area contributed by atoms with Crippen LogP contribution in [0.5, 0.6) is 0 Å². The molecule has 0 aliphatic carbocycles. The summed E-state index contributed by atoms with van der Waals surface area (Å²) in [5, 5.41) is 6.42. The van der Waals surface area contributed by atoms with E-state index in [0.717, 1.165) is 36.9 Å². The second-order valence-corrected chi connectivity index (χ2v) is 11.3. The predicted molar refractivity (Wildman–Crippen MR) is 119 cm³/mol. The van der Waals surface area contributed by atoms with E-state index < -0.39 is 33.4 Å². The van der Waals surface area contributed by atoms with Crippen molar-refractivity contribution in [3.8, 4) is 10.6 Å². The summed E-state index contributed by atoms with van der Waals surface area (Å²) in [6, 6.07) is -0.192. The largest absolute Gasteiger partial charge is 0.434 e. The molecule has 34 heavy (non-hydrogen) atoms. The summed E-state index contributed by atoms with van der Waals surface area (Å²) in [5.74, 6) is -0.986. The molecule has 4 rings (SSSR count). The number of nitrogens with one attached hydrogen (secondary N) is 2. The Hall–Kier alpha value is -1.94. The van der Waals surface area contributed by atoms with E-state index in [-0.39, 0.29) is 28.4 Å². The molecule has 2 aliphatic heterocycles. The summed E-state index contributed by atoms with van der Waals surface area (Å²) in [4.78, 5) is 13.3. The van der Waals surface area contributed by atoms with Crippen molar-refractivity contribution in [1.82, 2.24) is 29.5 Å². The Morgan fingerprint density at radius 1 is 1.18 bits per heavy atom. The van der Waals surface area contributed by atoms with Gasteiger partial charge < -0.3 is 10.6 Å². The van der Waals surface area contributed by atoms with Crippen molar-refractivity contribution in [2.24, 2.45) is 0 Å². The van der Waals surface area contributed by atoms with Crippen molar-refractivity contribution in [3.05, 3.63) is 22.7 Å². The normalized spacial score (nSPS) is 19.4. The molecular formula is C19H25F4N7O2S2. The number of rotatable bonds is 6. The first-order chi connectivity index (χ1) is 16.0. The predicted octanol–water partition coefficient (Wildman–Crippen LogP) is 2.00. The lowest BCUT2D eigenvalue weighted by molar-refractivity contribution is -0.140. The zero-order valence-corrected chi connectivity index (χ0v) is 20.0. The van der Waals surface area contributed by atoms with Gasteiger partial charge in [0.2, 0.25) is 16.0 Å². The number of anilines is 1. The van der Waals surface area contributed by atoms with Gasteiger partial charge in [0.1, 0.15) is 10.7 Å². The first kappa shape index (κ1) is 25.2. The number of hydrogen-bond donors (Lipinski definition) is 2. The van der Waals surface area contributed by atoms with Gasteiger partial charge in [-0.1, -0.05) is 0 Å². The van der Waals surface area contributed by atoms with E-state index in [9.17, 15) is 26.0 Å². The van der Waals surface area contributed by atoms with Crippen molar-refractivity contribution in [2.75, 3.05) is 50.8 Å². The minimum Gasteiger partial charge on any atom is -0.351 e. The van der Waals surface area contributed by atoms with Crippen LogP contribution >= 0.6 is 11.3 Å². The number of thiazole rings is 1. The van der Waals surface area contributed by atoms with Crippen LogP contribution < -0.4 is 10.6 Å². The maximum Gasteiger partial charge on any atom is 0.434 e. The number of piperidine rings is 1. The van der Waals surface area contributed by atoms with E-state index in [2.05, 4.69) is 25.6 Å². The van der Waals surface area contributed by atoms with Crippen molar-refractivity contribution in [1.29, 1.82) is 0 Å². The zero-order chi connectivity index (χ0) is 24.5. The minimum atomic E-state index is -4.77. The number of halogens is 4. The Balaban J connectivity index is 1.56. The molecule has 188 valence electrons.